The van der Waals surface area contributed by atoms with Crippen LogP contribution >= 0.6 is 11.6 Å². The first-order chi connectivity index (χ1) is 8.49. The van der Waals surface area contributed by atoms with E-state index in [4.69, 9.17) is 11.6 Å². The molecule has 0 bridgehead atoms. The van der Waals surface area contributed by atoms with Crippen LogP contribution in [0.15, 0.2) is 30.5 Å². The normalized spacial score (nSPS) is 11.8. The first-order valence-electron chi connectivity index (χ1n) is 6.03. The molecule has 0 N–H and O–H groups in total. The molecule has 0 aliphatic heterocycles. The number of rotatable bonds is 3. The summed E-state index contributed by atoms with van der Waals surface area (Å²) in [6.07, 6.45) is 1.88. The van der Waals surface area contributed by atoms with E-state index in [0.717, 1.165) is 12.2 Å². The van der Waals surface area contributed by atoms with Crippen LogP contribution in [0.5, 0.6) is 0 Å². The monoisotopic (exact) mass is 263 g/mol. The Kier molecular flexibility index (Phi) is 3.71. The topological polar surface area (TPSA) is 30.7 Å². The molecule has 4 heteroatoms. The molecule has 0 atom stereocenters. The highest BCUT2D eigenvalue weighted by Gasteiger charge is 2.12. The smallest absolute Gasteiger partial charge is 0.0974 e. The van der Waals surface area contributed by atoms with E-state index in [1.54, 1.807) is 0 Å². The third-order valence-electron chi connectivity index (χ3n) is 2.89. The molecule has 0 amide bonds. The van der Waals surface area contributed by atoms with Gasteiger partial charge >= 0.3 is 0 Å². The van der Waals surface area contributed by atoms with Crippen molar-refractivity contribution in [2.75, 3.05) is 0 Å². The van der Waals surface area contributed by atoms with Crippen molar-refractivity contribution in [2.45, 2.75) is 38.6 Å². The molecule has 0 radical (unpaired) electrons. The van der Waals surface area contributed by atoms with Gasteiger partial charge in [0.05, 0.1) is 24.3 Å². The second kappa shape index (κ2) is 5.11. The van der Waals surface area contributed by atoms with Gasteiger partial charge in [0, 0.05) is 0 Å². The predicted octanol–water partition coefficient (Wildman–Crippen LogP) is 3.36. The Morgan fingerprint density at radius 1 is 1.17 bits per heavy atom. The van der Waals surface area contributed by atoms with E-state index in [2.05, 4.69) is 55.3 Å². The fourth-order valence-corrected chi connectivity index (χ4v) is 1.90. The van der Waals surface area contributed by atoms with Crippen LogP contribution in [0.25, 0.3) is 0 Å². The molecular formula is C14H18ClN3. The molecule has 0 aliphatic rings. The van der Waals surface area contributed by atoms with Crippen LogP contribution in [-0.2, 0) is 17.8 Å². The molecule has 0 spiro atoms. The van der Waals surface area contributed by atoms with Gasteiger partial charge in [-0.3, -0.25) is 0 Å². The number of alkyl halides is 1. The molecule has 18 heavy (non-hydrogen) atoms. The molecular weight excluding hydrogens is 246 g/mol. The van der Waals surface area contributed by atoms with E-state index >= 15 is 0 Å². The number of benzene rings is 1. The third kappa shape index (κ3) is 3.10. The van der Waals surface area contributed by atoms with Gasteiger partial charge < -0.3 is 0 Å². The highest BCUT2D eigenvalue weighted by Crippen LogP contribution is 2.22. The van der Waals surface area contributed by atoms with Crippen molar-refractivity contribution >= 4 is 11.6 Å². The minimum absolute atomic E-state index is 0.192. The SMILES string of the molecule is CC(C)(C)c1ccc(Cn2cc(CCl)nn2)cc1. The van der Waals surface area contributed by atoms with Crippen molar-refractivity contribution in [3.63, 3.8) is 0 Å². The van der Waals surface area contributed by atoms with Crippen molar-refractivity contribution in [1.82, 2.24) is 15.0 Å². The van der Waals surface area contributed by atoms with Crippen LogP contribution in [-0.4, -0.2) is 15.0 Å². The lowest BCUT2D eigenvalue weighted by Gasteiger charge is -2.19. The summed E-state index contributed by atoms with van der Waals surface area (Å²) in [5, 5.41) is 8.00. The minimum Gasteiger partial charge on any atom is -0.248 e. The molecule has 1 heterocycles. The highest BCUT2D eigenvalue weighted by atomic mass is 35.5. The number of nitrogens with zero attached hydrogens (tertiary/aromatic N) is 3. The predicted molar refractivity (Wildman–Crippen MR) is 73.8 cm³/mol. The summed E-state index contributed by atoms with van der Waals surface area (Å²) in [6, 6.07) is 8.63. The molecule has 0 saturated carbocycles. The number of aromatic nitrogens is 3. The largest absolute Gasteiger partial charge is 0.248 e. The molecule has 2 rings (SSSR count). The standard InChI is InChI=1S/C14H18ClN3/c1-14(2,3)12-6-4-11(5-7-12)9-18-10-13(8-15)16-17-18/h4-7,10H,8-9H2,1-3H3. The van der Waals surface area contributed by atoms with E-state index < -0.39 is 0 Å². The molecule has 2 aromatic rings. The van der Waals surface area contributed by atoms with E-state index in [1.807, 2.05) is 10.9 Å². The first kappa shape index (κ1) is 13.1. The fraction of sp³-hybridized carbons (Fsp3) is 0.429. The van der Waals surface area contributed by atoms with Crippen molar-refractivity contribution in [3.05, 3.63) is 47.3 Å². The van der Waals surface area contributed by atoms with Crippen LogP contribution in [0.2, 0.25) is 0 Å². The fourth-order valence-electron chi connectivity index (χ4n) is 1.77. The van der Waals surface area contributed by atoms with E-state index in [-0.39, 0.29) is 5.41 Å². The van der Waals surface area contributed by atoms with Crippen LogP contribution < -0.4 is 0 Å². The zero-order valence-corrected chi connectivity index (χ0v) is 11.8. The Morgan fingerprint density at radius 2 is 1.83 bits per heavy atom. The van der Waals surface area contributed by atoms with Gasteiger partial charge in [0.15, 0.2) is 0 Å². The summed E-state index contributed by atoms with van der Waals surface area (Å²) < 4.78 is 1.81. The average Bonchev–Trinajstić information content (AvgIpc) is 2.76. The van der Waals surface area contributed by atoms with Gasteiger partial charge in [0.2, 0.25) is 0 Å². The second-order valence-corrected chi connectivity index (χ2v) is 5.76. The Morgan fingerprint density at radius 3 is 2.33 bits per heavy atom. The maximum absolute atomic E-state index is 5.70. The molecule has 1 aromatic carbocycles. The number of halogens is 1. The minimum atomic E-state index is 0.192. The molecule has 0 saturated heterocycles. The van der Waals surface area contributed by atoms with Gasteiger partial charge in [-0.1, -0.05) is 50.3 Å². The Balaban J connectivity index is 2.11. The van der Waals surface area contributed by atoms with Crippen molar-refractivity contribution in [1.29, 1.82) is 0 Å². The maximum Gasteiger partial charge on any atom is 0.0974 e. The quantitative estimate of drug-likeness (QED) is 0.795. The Bertz CT molecular complexity index is 509. The average molecular weight is 264 g/mol. The first-order valence-corrected chi connectivity index (χ1v) is 6.57. The van der Waals surface area contributed by atoms with Gasteiger partial charge in [-0.15, -0.1) is 16.7 Å². The van der Waals surface area contributed by atoms with Crippen LogP contribution in [0.1, 0.15) is 37.6 Å². The van der Waals surface area contributed by atoms with Gasteiger partial charge in [0.1, 0.15) is 0 Å². The zero-order valence-electron chi connectivity index (χ0n) is 11.0. The molecule has 0 aliphatic carbocycles. The summed E-state index contributed by atoms with van der Waals surface area (Å²) in [6.45, 7) is 7.37. The number of hydrogen-bond acceptors (Lipinski definition) is 2. The summed E-state index contributed by atoms with van der Waals surface area (Å²) in [5.74, 6) is 0.406. The molecule has 0 unspecified atom stereocenters. The van der Waals surface area contributed by atoms with E-state index in [0.29, 0.717) is 5.88 Å². The molecule has 1 aromatic heterocycles. The maximum atomic E-state index is 5.70. The summed E-state index contributed by atoms with van der Waals surface area (Å²) in [4.78, 5) is 0. The van der Waals surface area contributed by atoms with E-state index in [9.17, 15) is 0 Å². The van der Waals surface area contributed by atoms with Crippen LogP contribution in [0.4, 0.5) is 0 Å². The Hall–Kier alpha value is -1.35. The molecule has 3 nitrogen and oxygen atoms in total. The lowest BCUT2D eigenvalue weighted by molar-refractivity contribution is 0.589. The van der Waals surface area contributed by atoms with Crippen molar-refractivity contribution < 1.29 is 0 Å². The highest BCUT2D eigenvalue weighted by molar-refractivity contribution is 6.16. The van der Waals surface area contributed by atoms with E-state index in [1.165, 1.54) is 11.1 Å². The third-order valence-corrected chi connectivity index (χ3v) is 3.16. The summed E-state index contributed by atoms with van der Waals surface area (Å²) in [5.41, 5.74) is 3.56. The van der Waals surface area contributed by atoms with Gasteiger partial charge in [-0.05, 0) is 16.5 Å². The van der Waals surface area contributed by atoms with Gasteiger partial charge in [-0.2, -0.15) is 0 Å². The number of hydrogen-bond donors (Lipinski definition) is 0. The van der Waals surface area contributed by atoms with Crippen molar-refractivity contribution in [3.8, 4) is 0 Å². The Labute approximate surface area is 113 Å². The zero-order chi connectivity index (χ0) is 13.2. The summed E-state index contributed by atoms with van der Waals surface area (Å²) >= 11 is 5.70. The summed E-state index contributed by atoms with van der Waals surface area (Å²) in [7, 11) is 0. The lowest BCUT2D eigenvalue weighted by Crippen LogP contribution is -2.11. The second-order valence-electron chi connectivity index (χ2n) is 5.49. The lowest BCUT2D eigenvalue weighted by atomic mass is 9.87. The molecule has 0 fully saturated rings. The van der Waals surface area contributed by atoms with Crippen LogP contribution in [0, 0.1) is 0 Å². The molecule has 96 valence electrons. The van der Waals surface area contributed by atoms with Crippen LogP contribution in [0.3, 0.4) is 0 Å². The van der Waals surface area contributed by atoms with Crippen molar-refractivity contribution in [2.24, 2.45) is 0 Å². The van der Waals surface area contributed by atoms with Gasteiger partial charge in [0.25, 0.3) is 0 Å². The van der Waals surface area contributed by atoms with Gasteiger partial charge in [-0.25, -0.2) is 4.68 Å².